The van der Waals surface area contributed by atoms with Gasteiger partial charge in [-0.25, -0.2) is 15.0 Å². The highest BCUT2D eigenvalue weighted by molar-refractivity contribution is 6.69. The van der Waals surface area contributed by atoms with Gasteiger partial charge in [0, 0.05) is 33.2 Å². The standard InChI is InChI=1S/C45H40B10N4/c46-33-31(34(47)38(51)41(54)37(33)50)44-56-43(57-45(58-44)32-35(48)39(52)42(55)40(53)36(32)49)23-17-15-22(16-18-23)27-20-30-28(19-26(27)21-9-3-1-4-10-21)25-13-7-8-14-29(25)59(30)24-11-5-2-6-12-24/h1-20H,46-55H2. The molecule has 270 valence electrons. The number of aromatic nitrogens is 4. The van der Waals surface area contributed by atoms with Crippen molar-refractivity contribution in [1.82, 2.24) is 19.5 Å². The average molecular weight is 745 g/mol. The lowest BCUT2D eigenvalue weighted by molar-refractivity contribution is 1.08. The molecule has 0 radical (unpaired) electrons. The molecule has 9 rings (SSSR count). The maximum Gasteiger partial charge on any atom is 0.164 e. The third-order valence-electron chi connectivity index (χ3n) is 13.4. The molecule has 0 aliphatic rings. The van der Waals surface area contributed by atoms with Crippen molar-refractivity contribution < 1.29 is 0 Å². The van der Waals surface area contributed by atoms with Crippen LogP contribution >= 0.6 is 0 Å². The molecule has 0 aliphatic carbocycles. The Morgan fingerprint density at radius 3 is 1.27 bits per heavy atom. The van der Waals surface area contributed by atoms with E-state index in [0.29, 0.717) is 5.82 Å². The van der Waals surface area contributed by atoms with Crippen LogP contribution in [0.4, 0.5) is 0 Å². The summed E-state index contributed by atoms with van der Waals surface area (Å²) < 4.78 is 2.39. The smallest absolute Gasteiger partial charge is 0.164 e. The van der Waals surface area contributed by atoms with Crippen molar-refractivity contribution in [2.75, 3.05) is 0 Å². The molecule has 0 aliphatic heterocycles. The van der Waals surface area contributed by atoms with Crippen molar-refractivity contribution in [2.45, 2.75) is 0 Å². The fraction of sp³-hybridized carbons (Fsp3) is 0. The van der Waals surface area contributed by atoms with Crippen molar-refractivity contribution in [3.05, 3.63) is 121 Å². The molecule has 0 unspecified atom stereocenters. The van der Waals surface area contributed by atoms with Crippen LogP contribution < -0.4 is 54.6 Å². The summed E-state index contributed by atoms with van der Waals surface area (Å²) in [5.74, 6) is 2.11. The van der Waals surface area contributed by atoms with Gasteiger partial charge in [-0.3, -0.25) is 0 Å². The largest absolute Gasteiger partial charge is 0.309 e. The normalized spacial score (nSPS) is 11.4. The summed E-state index contributed by atoms with van der Waals surface area (Å²) in [5, 5.41) is 2.47. The van der Waals surface area contributed by atoms with Gasteiger partial charge in [0.25, 0.3) is 0 Å². The lowest BCUT2D eigenvalue weighted by atomic mass is 9.60. The van der Waals surface area contributed by atoms with E-state index in [1.807, 2.05) is 0 Å². The van der Waals surface area contributed by atoms with Gasteiger partial charge in [-0.15, -0.1) is 32.8 Å². The molecule has 0 spiro atoms. The second-order valence-corrected chi connectivity index (χ2v) is 16.4. The molecule has 0 amide bonds. The quantitative estimate of drug-likeness (QED) is 0.160. The number of benzene rings is 7. The Morgan fingerprint density at radius 2 is 0.729 bits per heavy atom. The van der Waals surface area contributed by atoms with Crippen molar-refractivity contribution in [1.29, 1.82) is 0 Å². The molecule has 59 heavy (non-hydrogen) atoms. The Balaban J connectivity index is 1.27. The van der Waals surface area contributed by atoms with Crippen LogP contribution in [0, 0.1) is 0 Å². The van der Waals surface area contributed by atoms with E-state index < -0.39 is 0 Å². The van der Waals surface area contributed by atoms with Gasteiger partial charge in [-0.2, -0.15) is 0 Å². The van der Waals surface area contributed by atoms with E-state index in [9.17, 15) is 0 Å². The highest BCUT2D eigenvalue weighted by atomic mass is 15.0. The topological polar surface area (TPSA) is 43.6 Å². The molecule has 2 aromatic heterocycles. The van der Waals surface area contributed by atoms with Gasteiger partial charge in [-0.05, 0) is 52.6 Å². The first-order valence-electron chi connectivity index (χ1n) is 20.6. The summed E-state index contributed by atoms with van der Waals surface area (Å²) in [4.78, 5) is 15.9. The second kappa shape index (κ2) is 15.0. The van der Waals surface area contributed by atoms with Gasteiger partial charge in [0.1, 0.15) is 78.5 Å². The van der Waals surface area contributed by atoms with Crippen LogP contribution in [-0.4, -0.2) is 98.0 Å². The summed E-state index contributed by atoms with van der Waals surface area (Å²) in [6, 6.07) is 43.7. The van der Waals surface area contributed by atoms with Crippen LogP contribution in [0.15, 0.2) is 121 Å². The number of nitrogens with zero attached hydrogens (tertiary/aromatic N) is 4. The van der Waals surface area contributed by atoms with Gasteiger partial charge in [-0.1, -0.05) is 113 Å². The SMILES string of the molecule is Bc1c(B)c(B)c(-c2nc(-c3ccc(-c4cc5c(cc4-c4ccccc4)c4ccccc4n5-c4ccccc4)cc3)nc(-c3c(B)c(B)c(B)c(B)c3B)n2)c(B)c1B. The molecular weight excluding hydrogens is 705 g/mol. The van der Waals surface area contributed by atoms with Gasteiger partial charge < -0.3 is 4.57 Å². The molecule has 0 N–H and O–H groups in total. The van der Waals surface area contributed by atoms with Crippen LogP contribution in [0.25, 0.3) is 83.9 Å². The van der Waals surface area contributed by atoms with E-state index >= 15 is 0 Å². The summed E-state index contributed by atoms with van der Waals surface area (Å²) >= 11 is 0. The molecule has 9 aromatic rings. The lowest BCUT2D eigenvalue weighted by Crippen LogP contribution is -2.55. The van der Waals surface area contributed by atoms with Crippen LogP contribution in [0.2, 0.25) is 0 Å². The molecule has 0 fully saturated rings. The zero-order valence-electron chi connectivity index (χ0n) is 35.8. The molecule has 0 bridgehead atoms. The Bertz CT molecular complexity index is 3010. The predicted molar refractivity (Wildman–Crippen MR) is 283 cm³/mol. The minimum absolute atomic E-state index is 0.670. The number of hydrogen-bond acceptors (Lipinski definition) is 3. The summed E-state index contributed by atoms with van der Waals surface area (Å²) in [5.41, 5.74) is 23.9. The van der Waals surface area contributed by atoms with Crippen molar-refractivity contribution in [3.8, 4) is 62.1 Å². The highest BCUT2D eigenvalue weighted by Gasteiger charge is 2.22. The van der Waals surface area contributed by atoms with E-state index in [1.54, 1.807) is 0 Å². The van der Waals surface area contributed by atoms with Crippen molar-refractivity contribution >= 4 is 155 Å². The van der Waals surface area contributed by atoms with Crippen LogP contribution in [0.1, 0.15) is 0 Å². The van der Waals surface area contributed by atoms with Crippen LogP contribution in [-0.2, 0) is 0 Å². The molecule has 0 saturated carbocycles. The number of hydrogen-bond donors (Lipinski definition) is 0. The summed E-state index contributed by atoms with van der Waals surface area (Å²) in [6.45, 7) is 0. The fourth-order valence-electron chi connectivity index (χ4n) is 9.16. The minimum Gasteiger partial charge on any atom is -0.309 e. The Hall–Kier alpha value is -6.00. The van der Waals surface area contributed by atoms with Gasteiger partial charge >= 0.3 is 0 Å². The summed E-state index contributed by atoms with van der Waals surface area (Å²) in [6.07, 6.45) is 0. The Kier molecular flexibility index (Phi) is 9.78. The van der Waals surface area contributed by atoms with Gasteiger partial charge in [0.2, 0.25) is 0 Å². The Labute approximate surface area is 356 Å². The molecular formula is C45H40B10N4. The highest BCUT2D eigenvalue weighted by Crippen LogP contribution is 2.41. The number of rotatable bonds is 6. The van der Waals surface area contributed by atoms with Crippen molar-refractivity contribution in [3.63, 3.8) is 0 Å². The average Bonchev–Trinajstić information content (AvgIpc) is 3.60. The monoisotopic (exact) mass is 746 g/mol. The van der Waals surface area contributed by atoms with Crippen molar-refractivity contribution in [2.24, 2.45) is 0 Å². The maximum atomic E-state index is 5.33. The van der Waals surface area contributed by atoms with Crippen LogP contribution in [0.5, 0.6) is 0 Å². The molecule has 14 heteroatoms. The predicted octanol–water partition coefficient (Wildman–Crippen LogP) is -6.11. The third kappa shape index (κ3) is 6.36. The molecule has 4 nitrogen and oxygen atoms in total. The van der Waals surface area contributed by atoms with Crippen LogP contribution in [0.3, 0.4) is 0 Å². The van der Waals surface area contributed by atoms with E-state index in [-0.39, 0.29) is 0 Å². The lowest BCUT2D eigenvalue weighted by Gasteiger charge is -2.22. The fourth-order valence-corrected chi connectivity index (χ4v) is 9.16. The second-order valence-electron chi connectivity index (χ2n) is 16.4. The van der Waals surface area contributed by atoms with E-state index in [0.717, 1.165) is 39.6 Å². The maximum absolute atomic E-state index is 5.33. The molecule has 2 heterocycles. The first kappa shape index (κ1) is 38.5. The Morgan fingerprint density at radius 1 is 0.322 bits per heavy atom. The van der Waals surface area contributed by atoms with E-state index in [2.05, 4.69) is 204 Å². The molecule has 0 saturated heterocycles. The third-order valence-corrected chi connectivity index (χ3v) is 13.4. The molecule has 7 aromatic carbocycles. The zero-order chi connectivity index (χ0) is 41.3. The number of fused-ring (bicyclic) bond motifs is 3. The molecule has 0 atom stereocenters. The first-order valence-corrected chi connectivity index (χ1v) is 20.6. The number of para-hydroxylation sites is 2. The summed E-state index contributed by atoms with van der Waals surface area (Å²) in [7, 11) is 22.1. The first-order chi connectivity index (χ1) is 28.4. The van der Waals surface area contributed by atoms with Gasteiger partial charge in [0.05, 0.1) is 11.0 Å². The van der Waals surface area contributed by atoms with E-state index in [1.165, 1.54) is 93.1 Å². The van der Waals surface area contributed by atoms with Gasteiger partial charge in [0.15, 0.2) is 17.5 Å². The minimum atomic E-state index is 0.670. The van der Waals surface area contributed by atoms with E-state index in [4.69, 9.17) is 15.0 Å². The zero-order valence-corrected chi connectivity index (χ0v) is 35.8.